The van der Waals surface area contributed by atoms with Gasteiger partial charge in [0, 0.05) is 23.2 Å². The molecule has 7 nitrogen and oxygen atoms in total. The Balaban J connectivity index is 1.80. The van der Waals surface area contributed by atoms with Crippen molar-refractivity contribution in [2.24, 2.45) is 0 Å². The summed E-state index contributed by atoms with van der Waals surface area (Å²) in [4.78, 5) is 12.3. The third-order valence-corrected chi connectivity index (χ3v) is 4.91. The van der Waals surface area contributed by atoms with Crippen LogP contribution in [0.5, 0.6) is 5.75 Å². The van der Waals surface area contributed by atoms with Crippen LogP contribution in [0.25, 0.3) is 5.69 Å². The zero-order chi connectivity index (χ0) is 23.1. The summed E-state index contributed by atoms with van der Waals surface area (Å²) >= 11 is 0. The highest BCUT2D eigenvalue weighted by Gasteiger charge is 2.21. The number of rotatable bonds is 8. The van der Waals surface area contributed by atoms with E-state index in [0.717, 1.165) is 29.8 Å². The lowest BCUT2D eigenvalue weighted by Crippen LogP contribution is -2.15. The van der Waals surface area contributed by atoms with Crippen molar-refractivity contribution < 1.29 is 14.3 Å². The van der Waals surface area contributed by atoms with Gasteiger partial charge in [0.05, 0.1) is 12.3 Å². The average Bonchev–Trinajstić information content (AvgIpc) is 3.15. The zero-order valence-corrected chi connectivity index (χ0v) is 19.2. The van der Waals surface area contributed by atoms with Crippen LogP contribution in [0.1, 0.15) is 51.8 Å². The topological polar surface area (TPSA) is 91.4 Å². The molecule has 32 heavy (non-hydrogen) atoms. The normalized spacial score (nSPS) is 11.2. The molecule has 0 saturated heterocycles. The molecule has 0 fully saturated rings. The van der Waals surface area contributed by atoms with E-state index in [-0.39, 0.29) is 12.0 Å². The molecule has 0 saturated carbocycles. The third kappa shape index (κ3) is 6.03. The van der Waals surface area contributed by atoms with Gasteiger partial charge in [0.15, 0.2) is 0 Å². The van der Waals surface area contributed by atoms with Crippen LogP contribution >= 0.6 is 0 Å². The summed E-state index contributed by atoms with van der Waals surface area (Å²) in [6, 6.07) is 16.8. The first-order valence-electron chi connectivity index (χ1n) is 10.9. The minimum atomic E-state index is -0.533. The van der Waals surface area contributed by atoms with Crippen LogP contribution in [-0.4, -0.2) is 22.5 Å². The van der Waals surface area contributed by atoms with Crippen molar-refractivity contribution in [3.8, 4) is 11.4 Å². The monoisotopic (exact) mass is 436 g/mol. The van der Waals surface area contributed by atoms with E-state index >= 15 is 0 Å². The first-order chi connectivity index (χ1) is 15.3. The standard InChI is InChI=1S/C25H32N4O3/c1-5-6-14-31-21-15-19(27-24(30)32-17-18-10-8-7-9-11-18)12-13-20(21)29-23(26)16-22(28-29)25(2,3)4/h7-13,15-16H,5-6,14,17,26H2,1-4H3,(H,27,30). The second kappa shape index (κ2) is 10.2. The number of hydrogen-bond acceptors (Lipinski definition) is 5. The number of ether oxygens (including phenoxy) is 2. The van der Waals surface area contributed by atoms with Crippen LogP contribution in [0.15, 0.2) is 54.6 Å². The van der Waals surface area contributed by atoms with Crippen molar-refractivity contribution in [2.45, 2.75) is 52.6 Å². The zero-order valence-electron chi connectivity index (χ0n) is 19.2. The van der Waals surface area contributed by atoms with Gasteiger partial charge in [-0.05, 0) is 24.1 Å². The van der Waals surface area contributed by atoms with Crippen molar-refractivity contribution in [3.05, 3.63) is 65.9 Å². The number of nitrogens with one attached hydrogen (secondary N) is 1. The van der Waals surface area contributed by atoms with Gasteiger partial charge in [-0.15, -0.1) is 0 Å². The van der Waals surface area contributed by atoms with Crippen molar-refractivity contribution in [1.29, 1.82) is 0 Å². The van der Waals surface area contributed by atoms with Crippen molar-refractivity contribution in [2.75, 3.05) is 17.7 Å². The minimum absolute atomic E-state index is 0.132. The van der Waals surface area contributed by atoms with E-state index in [9.17, 15) is 4.79 Å². The van der Waals surface area contributed by atoms with E-state index in [1.165, 1.54) is 0 Å². The fourth-order valence-electron chi connectivity index (χ4n) is 3.04. The Morgan fingerprint density at radius 3 is 2.53 bits per heavy atom. The predicted octanol–water partition coefficient (Wildman–Crippen LogP) is 5.68. The summed E-state index contributed by atoms with van der Waals surface area (Å²) in [6.07, 6.45) is 1.39. The molecular formula is C25H32N4O3. The highest BCUT2D eigenvalue weighted by atomic mass is 16.5. The van der Waals surface area contributed by atoms with Crippen molar-refractivity contribution in [1.82, 2.24) is 9.78 Å². The molecular weight excluding hydrogens is 404 g/mol. The number of nitrogen functional groups attached to an aromatic ring is 1. The van der Waals surface area contributed by atoms with Crippen LogP contribution in [0.2, 0.25) is 0 Å². The number of anilines is 2. The van der Waals surface area contributed by atoms with E-state index in [1.54, 1.807) is 16.8 Å². The summed E-state index contributed by atoms with van der Waals surface area (Å²) in [5.74, 6) is 1.12. The Kier molecular flexibility index (Phi) is 7.41. The molecule has 170 valence electrons. The Hall–Kier alpha value is -3.48. The van der Waals surface area contributed by atoms with Crippen LogP contribution in [-0.2, 0) is 16.8 Å². The number of carbonyl (C=O) groups excluding carboxylic acids is 1. The van der Waals surface area contributed by atoms with Crippen LogP contribution in [0.3, 0.4) is 0 Å². The Morgan fingerprint density at radius 2 is 1.88 bits per heavy atom. The fraction of sp³-hybridized carbons (Fsp3) is 0.360. The van der Waals surface area contributed by atoms with Crippen LogP contribution < -0.4 is 15.8 Å². The van der Waals surface area contributed by atoms with E-state index < -0.39 is 6.09 Å². The number of unbranched alkanes of at least 4 members (excludes halogenated alkanes) is 1. The predicted molar refractivity (Wildman–Crippen MR) is 127 cm³/mol. The summed E-state index contributed by atoms with van der Waals surface area (Å²) in [7, 11) is 0. The van der Waals surface area contributed by atoms with Gasteiger partial charge in [-0.25, -0.2) is 9.48 Å². The van der Waals surface area contributed by atoms with Gasteiger partial charge < -0.3 is 15.2 Å². The molecule has 1 amide bonds. The molecule has 3 rings (SSSR count). The van der Waals surface area contributed by atoms with Gasteiger partial charge in [-0.1, -0.05) is 64.4 Å². The first kappa shape index (κ1) is 23.2. The van der Waals surface area contributed by atoms with Gasteiger partial charge in [0.1, 0.15) is 23.9 Å². The molecule has 7 heteroatoms. The highest BCUT2D eigenvalue weighted by Crippen LogP contribution is 2.31. The molecule has 3 N–H and O–H groups in total. The molecule has 0 radical (unpaired) electrons. The summed E-state index contributed by atoms with van der Waals surface area (Å²) in [6.45, 7) is 9.12. The number of nitrogens with zero attached hydrogens (tertiary/aromatic N) is 2. The smallest absolute Gasteiger partial charge is 0.411 e. The molecule has 0 bridgehead atoms. The molecule has 0 aliphatic heterocycles. The Bertz CT molecular complexity index is 1040. The maximum absolute atomic E-state index is 12.3. The number of carbonyl (C=O) groups is 1. The van der Waals surface area contributed by atoms with Gasteiger partial charge in [-0.3, -0.25) is 5.32 Å². The quantitative estimate of drug-likeness (QED) is 0.443. The van der Waals surface area contributed by atoms with E-state index in [2.05, 4.69) is 33.0 Å². The third-order valence-electron chi connectivity index (χ3n) is 4.91. The molecule has 3 aromatic rings. The lowest BCUT2D eigenvalue weighted by Gasteiger charge is -2.16. The average molecular weight is 437 g/mol. The summed E-state index contributed by atoms with van der Waals surface area (Å²) < 4.78 is 13.0. The molecule has 2 aromatic carbocycles. The van der Waals surface area contributed by atoms with Crippen molar-refractivity contribution in [3.63, 3.8) is 0 Å². The highest BCUT2D eigenvalue weighted by molar-refractivity contribution is 5.85. The summed E-state index contributed by atoms with van der Waals surface area (Å²) in [5.41, 5.74) is 9.23. The number of amides is 1. The number of hydrogen-bond donors (Lipinski definition) is 2. The maximum atomic E-state index is 12.3. The van der Waals surface area contributed by atoms with Crippen LogP contribution in [0, 0.1) is 0 Å². The number of nitrogens with two attached hydrogens (primary N) is 1. The van der Waals surface area contributed by atoms with E-state index in [0.29, 0.717) is 23.9 Å². The lowest BCUT2D eigenvalue weighted by atomic mass is 9.92. The Labute approximate surface area is 189 Å². The number of aromatic nitrogens is 2. The molecule has 0 spiro atoms. The SMILES string of the molecule is CCCCOc1cc(NC(=O)OCc2ccccc2)ccc1-n1nc(C(C)(C)C)cc1N. The number of benzene rings is 2. The molecule has 1 aromatic heterocycles. The maximum Gasteiger partial charge on any atom is 0.411 e. The van der Waals surface area contributed by atoms with Crippen LogP contribution in [0.4, 0.5) is 16.3 Å². The second-order valence-corrected chi connectivity index (χ2v) is 8.69. The summed E-state index contributed by atoms with van der Waals surface area (Å²) in [5, 5.41) is 7.46. The lowest BCUT2D eigenvalue weighted by molar-refractivity contribution is 0.155. The molecule has 1 heterocycles. The molecule has 0 aliphatic carbocycles. The first-order valence-corrected chi connectivity index (χ1v) is 10.9. The van der Waals surface area contributed by atoms with Gasteiger partial charge >= 0.3 is 6.09 Å². The minimum Gasteiger partial charge on any atom is -0.491 e. The van der Waals surface area contributed by atoms with E-state index in [4.69, 9.17) is 20.3 Å². The van der Waals surface area contributed by atoms with E-state index in [1.807, 2.05) is 42.5 Å². The Morgan fingerprint density at radius 1 is 1.12 bits per heavy atom. The van der Waals surface area contributed by atoms with Gasteiger partial charge in [0.25, 0.3) is 0 Å². The molecule has 0 aliphatic rings. The molecule has 0 unspecified atom stereocenters. The fourth-order valence-corrected chi connectivity index (χ4v) is 3.04. The molecule has 0 atom stereocenters. The van der Waals surface area contributed by atoms with Crippen molar-refractivity contribution >= 4 is 17.6 Å². The second-order valence-electron chi connectivity index (χ2n) is 8.69. The largest absolute Gasteiger partial charge is 0.491 e. The van der Waals surface area contributed by atoms with Gasteiger partial charge in [-0.2, -0.15) is 5.10 Å². The van der Waals surface area contributed by atoms with Gasteiger partial charge in [0.2, 0.25) is 0 Å².